The molecular formula is C13H15N3O2. The first-order chi connectivity index (χ1) is 8.52. The standard InChI is InChI=1S/C13H15N3O2/c1-9-11(15(2)3)12(17)14-13(18)16(9)10-7-5-4-6-8-10/h4-8H,1-3H3,(H,14,17,18). The molecule has 1 N–H and O–H groups in total. The fraction of sp³-hybridized carbons (Fsp3) is 0.231. The molecule has 0 saturated heterocycles. The number of hydrogen-bond acceptors (Lipinski definition) is 3. The first-order valence-corrected chi connectivity index (χ1v) is 5.61. The summed E-state index contributed by atoms with van der Waals surface area (Å²) in [6.07, 6.45) is 0. The molecule has 0 aliphatic rings. The van der Waals surface area contributed by atoms with Crippen LogP contribution >= 0.6 is 0 Å². The molecule has 0 fully saturated rings. The van der Waals surface area contributed by atoms with Crippen molar-refractivity contribution in [2.75, 3.05) is 19.0 Å². The number of anilines is 1. The molecule has 2 aromatic rings. The van der Waals surface area contributed by atoms with Crippen LogP contribution in [0.1, 0.15) is 5.69 Å². The highest BCUT2D eigenvalue weighted by molar-refractivity contribution is 5.50. The number of aromatic nitrogens is 2. The van der Waals surface area contributed by atoms with E-state index in [0.717, 1.165) is 5.69 Å². The Hall–Kier alpha value is -2.30. The van der Waals surface area contributed by atoms with Gasteiger partial charge in [-0.15, -0.1) is 0 Å². The van der Waals surface area contributed by atoms with E-state index in [1.54, 1.807) is 25.9 Å². The quantitative estimate of drug-likeness (QED) is 0.855. The highest BCUT2D eigenvalue weighted by Crippen LogP contribution is 2.13. The summed E-state index contributed by atoms with van der Waals surface area (Å²) in [6, 6.07) is 9.23. The zero-order chi connectivity index (χ0) is 13.3. The van der Waals surface area contributed by atoms with Crippen molar-refractivity contribution in [3.05, 3.63) is 56.9 Å². The van der Waals surface area contributed by atoms with Crippen LogP contribution in [0.15, 0.2) is 39.9 Å². The van der Waals surface area contributed by atoms with Crippen LogP contribution in [-0.4, -0.2) is 23.6 Å². The SMILES string of the molecule is Cc1c(N(C)C)c(=O)[nH]c(=O)n1-c1ccccc1. The minimum absolute atomic E-state index is 0.366. The molecule has 0 amide bonds. The van der Waals surface area contributed by atoms with Crippen LogP contribution in [-0.2, 0) is 0 Å². The van der Waals surface area contributed by atoms with Gasteiger partial charge in [0.05, 0.1) is 11.4 Å². The normalized spacial score (nSPS) is 10.4. The average Bonchev–Trinajstić information content (AvgIpc) is 2.28. The van der Waals surface area contributed by atoms with Gasteiger partial charge in [0.1, 0.15) is 5.69 Å². The zero-order valence-electron chi connectivity index (χ0n) is 10.6. The third-order valence-corrected chi connectivity index (χ3v) is 2.78. The number of para-hydroxylation sites is 1. The van der Waals surface area contributed by atoms with Crippen LogP contribution in [0.2, 0.25) is 0 Å². The molecule has 0 aliphatic heterocycles. The van der Waals surface area contributed by atoms with Crippen molar-refractivity contribution in [3.8, 4) is 5.69 Å². The van der Waals surface area contributed by atoms with Crippen LogP contribution in [0.4, 0.5) is 5.69 Å². The Morgan fingerprint density at radius 3 is 2.28 bits per heavy atom. The summed E-state index contributed by atoms with van der Waals surface area (Å²) in [5.74, 6) is 0. The molecule has 1 aromatic heterocycles. The molecule has 0 saturated carbocycles. The van der Waals surface area contributed by atoms with E-state index < -0.39 is 5.69 Å². The van der Waals surface area contributed by atoms with E-state index in [1.165, 1.54) is 4.57 Å². The molecule has 18 heavy (non-hydrogen) atoms. The molecule has 5 heteroatoms. The fourth-order valence-corrected chi connectivity index (χ4v) is 2.05. The lowest BCUT2D eigenvalue weighted by atomic mass is 10.2. The van der Waals surface area contributed by atoms with E-state index in [2.05, 4.69) is 4.98 Å². The molecule has 0 spiro atoms. The molecule has 1 heterocycles. The first kappa shape index (κ1) is 12.2. The third-order valence-electron chi connectivity index (χ3n) is 2.78. The van der Waals surface area contributed by atoms with Gasteiger partial charge in [-0.2, -0.15) is 0 Å². The van der Waals surface area contributed by atoms with Gasteiger partial charge in [0.25, 0.3) is 5.56 Å². The van der Waals surface area contributed by atoms with E-state index in [9.17, 15) is 9.59 Å². The number of hydrogen-bond donors (Lipinski definition) is 1. The smallest absolute Gasteiger partial charge is 0.333 e. The number of H-pyrrole nitrogens is 1. The fourth-order valence-electron chi connectivity index (χ4n) is 2.05. The summed E-state index contributed by atoms with van der Waals surface area (Å²) < 4.78 is 1.50. The van der Waals surface area contributed by atoms with Crippen molar-refractivity contribution in [1.82, 2.24) is 9.55 Å². The van der Waals surface area contributed by atoms with Crippen LogP contribution < -0.4 is 16.1 Å². The van der Waals surface area contributed by atoms with Gasteiger partial charge in [-0.05, 0) is 19.1 Å². The summed E-state index contributed by atoms with van der Waals surface area (Å²) in [4.78, 5) is 27.7. The molecule has 1 aromatic carbocycles. The second-order valence-corrected chi connectivity index (χ2v) is 4.26. The van der Waals surface area contributed by atoms with E-state index >= 15 is 0 Å². The molecule has 0 unspecified atom stereocenters. The topological polar surface area (TPSA) is 58.1 Å². The van der Waals surface area contributed by atoms with E-state index in [1.807, 2.05) is 30.3 Å². The Labute approximate surface area is 104 Å². The molecule has 0 atom stereocenters. The minimum atomic E-state index is -0.422. The molecule has 0 aliphatic carbocycles. The molecule has 5 nitrogen and oxygen atoms in total. The van der Waals surface area contributed by atoms with Gasteiger partial charge in [0, 0.05) is 14.1 Å². The Bertz CT molecular complexity index is 669. The average molecular weight is 245 g/mol. The van der Waals surface area contributed by atoms with E-state index in [4.69, 9.17) is 0 Å². The Morgan fingerprint density at radius 1 is 1.11 bits per heavy atom. The monoisotopic (exact) mass is 245 g/mol. The first-order valence-electron chi connectivity index (χ1n) is 5.61. The van der Waals surface area contributed by atoms with Crippen molar-refractivity contribution in [2.24, 2.45) is 0 Å². The molecule has 94 valence electrons. The molecule has 0 bridgehead atoms. The lowest BCUT2D eigenvalue weighted by molar-refractivity contribution is 0.843. The highest BCUT2D eigenvalue weighted by Gasteiger charge is 2.13. The maximum absolute atomic E-state index is 11.9. The number of benzene rings is 1. The van der Waals surface area contributed by atoms with Gasteiger partial charge in [0.2, 0.25) is 0 Å². The van der Waals surface area contributed by atoms with Crippen molar-refractivity contribution < 1.29 is 0 Å². The summed E-state index contributed by atoms with van der Waals surface area (Å²) >= 11 is 0. The predicted octanol–water partition coefficient (Wildman–Crippen LogP) is 0.900. The number of aromatic amines is 1. The van der Waals surface area contributed by atoms with Gasteiger partial charge >= 0.3 is 5.69 Å². The van der Waals surface area contributed by atoms with Crippen molar-refractivity contribution >= 4 is 5.69 Å². The molecular weight excluding hydrogens is 230 g/mol. The Balaban J connectivity index is 2.81. The molecule has 2 rings (SSSR count). The maximum Gasteiger partial charge on any atom is 0.333 e. The maximum atomic E-state index is 11.9. The van der Waals surface area contributed by atoms with Crippen LogP contribution in [0.25, 0.3) is 5.69 Å². The van der Waals surface area contributed by atoms with E-state index in [-0.39, 0.29) is 5.56 Å². The minimum Gasteiger partial charge on any atom is -0.372 e. The summed E-state index contributed by atoms with van der Waals surface area (Å²) in [5, 5.41) is 0. The van der Waals surface area contributed by atoms with Gasteiger partial charge < -0.3 is 4.90 Å². The Morgan fingerprint density at radius 2 is 1.72 bits per heavy atom. The summed E-state index contributed by atoms with van der Waals surface area (Å²) in [6.45, 7) is 1.76. The predicted molar refractivity (Wildman–Crippen MR) is 71.7 cm³/mol. The third kappa shape index (κ3) is 1.95. The summed E-state index contributed by atoms with van der Waals surface area (Å²) in [7, 11) is 3.55. The summed E-state index contributed by atoms with van der Waals surface area (Å²) in [5.41, 5.74) is 1.06. The van der Waals surface area contributed by atoms with Crippen molar-refractivity contribution in [3.63, 3.8) is 0 Å². The van der Waals surface area contributed by atoms with Crippen molar-refractivity contribution in [1.29, 1.82) is 0 Å². The number of nitrogens with zero attached hydrogens (tertiary/aromatic N) is 2. The number of nitrogens with one attached hydrogen (secondary N) is 1. The second-order valence-electron chi connectivity index (χ2n) is 4.26. The number of rotatable bonds is 2. The zero-order valence-corrected chi connectivity index (χ0v) is 10.6. The van der Waals surface area contributed by atoms with Crippen LogP contribution in [0, 0.1) is 6.92 Å². The van der Waals surface area contributed by atoms with Gasteiger partial charge in [0.15, 0.2) is 0 Å². The second kappa shape index (κ2) is 4.52. The lowest BCUT2D eigenvalue weighted by Crippen LogP contribution is -2.35. The van der Waals surface area contributed by atoms with Gasteiger partial charge in [-0.3, -0.25) is 14.3 Å². The van der Waals surface area contributed by atoms with Gasteiger partial charge in [-0.25, -0.2) is 4.79 Å². The Kier molecular flexibility index (Phi) is 3.06. The largest absolute Gasteiger partial charge is 0.372 e. The molecule has 0 radical (unpaired) electrons. The lowest BCUT2D eigenvalue weighted by Gasteiger charge is -2.17. The van der Waals surface area contributed by atoms with Crippen LogP contribution in [0.3, 0.4) is 0 Å². The highest BCUT2D eigenvalue weighted by atomic mass is 16.2. The van der Waals surface area contributed by atoms with Crippen molar-refractivity contribution in [2.45, 2.75) is 6.92 Å². The van der Waals surface area contributed by atoms with E-state index in [0.29, 0.717) is 11.4 Å². The van der Waals surface area contributed by atoms with Crippen LogP contribution in [0.5, 0.6) is 0 Å². The van der Waals surface area contributed by atoms with Gasteiger partial charge in [-0.1, -0.05) is 18.2 Å².